The smallest absolute Gasteiger partial charge is 0.0600 e. The summed E-state index contributed by atoms with van der Waals surface area (Å²) in [6, 6.07) is 0. The zero-order valence-corrected chi connectivity index (χ0v) is 12.8. The SMILES string of the molecule is CCNC(NCC)C1CCC(OC)CC1.COC. The third-order valence-electron chi connectivity index (χ3n) is 3.37. The van der Waals surface area contributed by atoms with Crippen LogP contribution in [-0.2, 0) is 9.47 Å². The summed E-state index contributed by atoms with van der Waals surface area (Å²) in [7, 11) is 5.08. The zero-order chi connectivity index (χ0) is 13.8. The van der Waals surface area contributed by atoms with Gasteiger partial charge in [-0.1, -0.05) is 13.8 Å². The summed E-state index contributed by atoms with van der Waals surface area (Å²) in [6.45, 7) is 6.43. The quantitative estimate of drug-likeness (QED) is 0.717. The topological polar surface area (TPSA) is 42.5 Å². The summed E-state index contributed by atoms with van der Waals surface area (Å²) in [6.07, 6.45) is 6.00. The first-order valence-corrected chi connectivity index (χ1v) is 7.13. The van der Waals surface area contributed by atoms with E-state index in [0.29, 0.717) is 12.3 Å². The van der Waals surface area contributed by atoms with Crippen molar-refractivity contribution in [1.82, 2.24) is 10.6 Å². The predicted octanol–water partition coefficient (Wildman–Crippen LogP) is 2.00. The van der Waals surface area contributed by atoms with Gasteiger partial charge < -0.3 is 20.1 Å². The normalized spacial score (nSPS) is 23.7. The maximum Gasteiger partial charge on any atom is 0.0600 e. The minimum absolute atomic E-state index is 0.498. The van der Waals surface area contributed by atoms with E-state index in [4.69, 9.17) is 4.74 Å². The van der Waals surface area contributed by atoms with Crippen molar-refractivity contribution in [3.63, 3.8) is 0 Å². The fourth-order valence-corrected chi connectivity index (χ4v) is 2.50. The minimum Gasteiger partial charge on any atom is -0.388 e. The van der Waals surface area contributed by atoms with Gasteiger partial charge in [0, 0.05) is 21.3 Å². The minimum atomic E-state index is 0.498. The molecule has 0 unspecified atom stereocenters. The second-order valence-electron chi connectivity index (χ2n) is 4.77. The first kappa shape index (κ1) is 17.8. The molecule has 4 nitrogen and oxygen atoms in total. The number of nitrogens with one attached hydrogen (secondary N) is 2. The van der Waals surface area contributed by atoms with Crippen LogP contribution in [0.4, 0.5) is 0 Å². The monoisotopic (exact) mass is 260 g/mol. The van der Waals surface area contributed by atoms with Crippen molar-refractivity contribution in [1.29, 1.82) is 0 Å². The van der Waals surface area contributed by atoms with Crippen molar-refractivity contribution in [2.24, 2.45) is 5.92 Å². The van der Waals surface area contributed by atoms with Crippen molar-refractivity contribution < 1.29 is 9.47 Å². The maximum absolute atomic E-state index is 5.40. The Balaban J connectivity index is 0.000000873. The highest BCUT2D eigenvalue weighted by Crippen LogP contribution is 2.27. The lowest BCUT2D eigenvalue weighted by Gasteiger charge is -2.34. The van der Waals surface area contributed by atoms with E-state index in [1.54, 1.807) is 14.2 Å². The van der Waals surface area contributed by atoms with Crippen LogP contribution in [0.25, 0.3) is 0 Å². The van der Waals surface area contributed by atoms with Crippen LogP contribution in [0.1, 0.15) is 39.5 Å². The Morgan fingerprint density at radius 1 is 0.944 bits per heavy atom. The van der Waals surface area contributed by atoms with Gasteiger partial charge in [0.2, 0.25) is 0 Å². The zero-order valence-electron chi connectivity index (χ0n) is 12.8. The highest BCUT2D eigenvalue weighted by molar-refractivity contribution is 4.80. The predicted molar refractivity (Wildman–Crippen MR) is 76.8 cm³/mol. The van der Waals surface area contributed by atoms with Crippen LogP contribution in [0.5, 0.6) is 0 Å². The lowest BCUT2D eigenvalue weighted by atomic mass is 9.85. The van der Waals surface area contributed by atoms with Gasteiger partial charge in [0.25, 0.3) is 0 Å². The molecule has 0 aromatic heterocycles. The first-order valence-electron chi connectivity index (χ1n) is 7.13. The third-order valence-corrected chi connectivity index (χ3v) is 3.37. The van der Waals surface area contributed by atoms with Crippen molar-refractivity contribution in [3.05, 3.63) is 0 Å². The van der Waals surface area contributed by atoms with Gasteiger partial charge in [-0.25, -0.2) is 0 Å². The third kappa shape index (κ3) is 7.31. The van der Waals surface area contributed by atoms with Gasteiger partial charge in [-0.05, 0) is 44.7 Å². The Bertz CT molecular complexity index is 165. The van der Waals surface area contributed by atoms with Crippen LogP contribution in [0.2, 0.25) is 0 Å². The van der Waals surface area contributed by atoms with E-state index >= 15 is 0 Å². The molecule has 18 heavy (non-hydrogen) atoms. The summed E-state index contributed by atoms with van der Waals surface area (Å²) >= 11 is 0. The molecule has 0 aromatic carbocycles. The molecule has 1 aliphatic carbocycles. The van der Waals surface area contributed by atoms with Crippen molar-refractivity contribution in [3.8, 4) is 0 Å². The van der Waals surface area contributed by atoms with E-state index < -0.39 is 0 Å². The van der Waals surface area contributed by atoms with Crippen LogP contribution in [-0.4, -0.2) is 46.7 Å². The standard InChI is InChI=1S/C12H26N2O.C2H6O/c1-4-13-12(14-5-2)10-6-8-11(15-3)9-7-10;1-3-2/h10-14H,4-9H2,1-3H3;1-2H3. The number of ether oxygens (including phenoxy) is 2. The number of rotatable bonds is 6. The van der Waals surface area contributed by atoms with Gasteiger partial charge in [0.05, 0.1) is 12.3 Å². The highest BCUT2D eigenvalue weighted by atomic mass is 16.5. The fraction of sp³-hybridized carbons (Fsp3) is 1.00. The number of methoxy groups -OCH3 is 2. The van der Waals surface area contributed by atoms with Crippen LogP contribution in [0.15, 0.2) is 0 Å². The van der Waals surface area contributed by atoms with E-state index in [1.807, 2.05) is 7.11 Å². The molecular formula is C14H32N2O2. The van der Waals surface area contributed by atoms with Gasteiger partial charge >= 0.3 is 0 Å². The molecule has 0 radical (unpaired) electrons. The van der Waals surface area contributed by atoms with E-state index in [-0.39, 0.29) is 0 Å². The molecule has 1 rings (SSSR count). The van der Waals surface area contributed by atoms with Crippen LogP contribution in [0, 0.1) is 5.92 Å². The molecular weight excluding hydrogens is 228 g/mol. The molecule has 0 heterocycles. The Labute approximate surface area is 113 Å². The summed E-state index contributed by atoms with van der Waals surface area (Å²) in [5, 5.41) is 7.07. The molecule has 0 aromatic rings. The Kier molecular flexibility index (Phi) is 11.8. The van der Waals surface area contributed by atoms with Gasteiger partial charge in [0.1, 0.15) is 0 Å². The molecule has 110 valence electrons. The van der Waals surface area contributed by atoms with E-state index in [9.17, 15) is 0 Å². The molecule has 1 saturated carbocycles. The Hall–Kier alpha value is -0.160. The van der Waals surface area contributed by atoms with Gasteiger partial charge in [-0.15, -0.1) is 0 Å². The van der Waals surface area contributed by atoms with Crippen LogP contribution >= 0.6 is 0 Å². The number of hydrogen-bond donors (Lipinski definition) is 2. The molecule has 1 aliphatic rings. The Morgan fingerprint density at radius 2 is 1.39 bits per heavy atom. The lowest BCUT2D eigenvalue weighted by Crippen LogP contribution is -2.48. The molecule has 2 N–H and O–H groups in total. The maximum atomic E-state index is 5.40. The largest absolute Gasteiger partial charge is 0.388 e. The number of hydrogen-bond acceptors (Lipinski definition) is 4. The molecule has 0 bridgehead atoms. The fourth-order valence-electron chi connectivity index (χ4n) is 2.50. The molecule has 1 fully saturated rings. The van der Waals surface area contributed by atoms with Gasteiger partial charge in [-0.2, -0.15) is 0 Å². The average Bonchev–Trinajstić information content (AvgIpc) is 2.40. The van der Waals surface area contributed by atoms with E-state index in [1.165, 1.54) is 25.7 Å². The van der Waals surface area contributed by atoms with Crippen molar-refractivity contribution in [2.45, 2.75) is 51.8 Å². The molecule has 4 heteroatoms. The second-order valence-corrected chi connectivity index (χ2v) is 4.77. The highest BCUT2D eigenvalue weighted by Gasteiger charge is 2.26. The van der Waals surface area contributed by atoms with Gasteiger partial charge in [0.15, 0.2) is 0 Å². The Morgan fingerprint density at radius 3 is 1.72 bits per heavy atom. The first-order chi connectivity index (χ1) is 8.73. The van der Waals surface area contributed by atoms with E-state index in [2.05, 4.69) is 29.2 Å². The van der Waals surface area contributed by atoms with Crippen molar-refractivity contribution >= 4 is 0 Å². The van der Waals surface area contributed by atoms with Gasteiger partial charge in [-0.3, -0.25) is 0 Å². The lowest BCUT2D eigenvalue weighted by molar-refractivity contribution is 0.0479. The summed E-state index contributed by atoms with van der Waals surface area (Å²) < 4.78 is 9.65. The summed E-state index contributed by atoms with van der Waals surface area (Å²) in [5.41, 5.74) is 0. The molecule has 0 aliphatic heterocycles. The average molecular weight is 260 g/mol. The van der Waals surface area contributed by atoms with Crippen LogP contribution in [0.3, 0.4) is 0 Å². The molecule has 0 atom stereocenters. The summed E-state index contributed by atoms with van der Waals surface area (Å²) in [4.78, 5) is 0. The second kappa shape index (κ2) is 11.9. The molecule has 0 saturated heterocycles. The summed E-state index contributed by atoms with van der Waals surface area (Å²) in [5.74, 6) is 0.774. The van der Waals surface area contributed by atoms with E-state index in [0.717, 1.165) is 19.0 Å². The molecule has 0 spiro atoms. The molecule has 0 amide bonds. The van der Waals surface area contributed by atoms with Crippen LogP contribution < -0.4 is 10.6 Å². The van der Waals surface area contributed by atoms with Crippen molar-refractivity contribution in [2.75, 3.05) is 34.4 Å².